The summed E-state index contributed by atoms with van der Waals surface area (Å²) in [5, 5.41) is 12.1. The Bertz CT molecular complexity index is 1380. The van der Waals surface area contributed by atoms with E-state index in [0.29, 0.717) is 22.9 Å². The van der Waals surface area contributed by atoms with Crippen LogP contribution >= 0.6 is 0 Å². The first-order valence-corrected chi connectivity index (χ1v) is 11.1. The van der Waals surface area contributed by atoms with E-state index in [4.69, 9.17) is 9.47 Å². The van der Waals surface area contributed by atoms with Crippen LogP contribution in [0.2, 0.25) is 0 Å². The predicted molar refractivity (Wildman–Crippen MR) is 135 cm³/mol. The lowest BCUT2D eigenvalue weighted by Crippen LogP contribution is -2.16. The maximum Gasteiger partial charge on any atom is 0.336 e. The van der Waals surface area contributed by atoms with E-state index >= 15 is 0 Å². The van der Waals surface area contributed by atoms with Crippen molar-refractivity contribution in [1.82, 2.24) is 0 Å². The normalized spacial score (nSPS) is 10.5. The Morgan fingerprint density at radius 3 is 1.91 bits per heavy atom. The fourth-order valence-electron chi connectivity index (χ4n) is 3.51. The Labute approximate surface area is 203 Å². The average molecular weight is 468 g/mol. The molecule has 0 saturated carbocycles. The minimum atomic E-state index is -1.15. The zero-order chi connectivity index (χ0) is 24.9. The number of amides is 1. The molecule has 4 rings (SSSR count). The predicted octanol–water partition coefficient (Wildman–Crippen LogP) is 7.15. The molecule has 0 unspecified atom stereocenters. The maximum atomic E-state index is 12.7. The zero-order valence-corrected chi connectivity index (χ0v) is 19.7. The second-order valence-corrected chi connectivity index (χ2v) is 8.28. The number of hydrogen-bond acceptors (Lipinski definition) is 4. The summed E-state index contributed by atoms with van der Waals surface area (Å²) in [7, 11) is 0. The van der Waals surface area contributed by atoms with E-state index in [-0.39, 0.29) is 11.1 Å². The smallest absolute Gasteiger partial charge is 0.336 e. The van der Waals surface area contributed by atoms with Gasteiger partial charge >= 0.3 is 5.97 Å². The number of carbonyl (C=O) groups excluding carboxylic acids is 1. The van der Waals surface area contributed by atoms with Crippen LogP contribution in [0, 0.1) is 20.8 Å². The number of benzene rings is 4. The Balaban J connectivity index is 1.42. The molecule has 0 aromatic heterocycles. The Morgan fingerprint density at radius 2 is 1.26 bits per heavy atom. The van der Waals surface area contributed by atoms with Crippen LogP contribution in [0.1, 0.15) is 37.4 Å². The van der Waals surface area contributed by atoms with Gasteiger partial charge in [-0.1, -0.05) is 29.3 Å². The van der Waals surface area contributed by atoms with E-state index in [1.54, 1.807) is 43.3 Å². The van der Waals surface area contributed by atoms with Crippen molar-refractivity contribution < 1.29 is 24.2 Å². The highest BCUT2D eigenvalue weighted by molar-refractivity contribution is 6.10. The van der Waals surface area contributed by atoms with Crippen molar-refractivity contribution in [3.63, 3.8) is 0 Å². The van der Waals surface area contributed by atoms with Crippen LogP contribution < -0.4 is 14.8 Å². The first-order valence-electron chi connectivity index (χ1n) is 11.1. The molecule has 2 N–H and O–H groups in total. The molecule has 0 bridgehead atoms. The third-order valence-electron chi connectivity index (χ3n) is 5.39. The first-order chi connectivity index (χ1) is 16.8. The number of aromatic carboxylic acids is 1. The molecule has 35 heavy (non-hydrogen) atoms. The number of rotatable bonds is 7. The fraction of sp³-hybridized carbons (Fsp3) is 0.103. The van der Waals surface area contributed by atoms with Gasteiger partial charge in [0.05, 0.1) is 11.1 Å². The minimum Gasteiger partial charge on any atom is -0.478 e. The van der Waals surface area contributed by atoms with Crippen molar-refractivity contribution in [3.8, 4) is 23.0 Å². The number of carbonyl (C=O) groups is 2. The Hall–Kier alpha value is -4.58. The van der Waals surface area contributed by atoms with Crippen molar-refractivity contribution in [2.24, 2.45) is 0 Å². The molecular formula is C29H25NO5. The van der Waals surface area contributed by atoms with Crippen molar-refractivity contribution >= 4 is 17.6 Å². The van der Waals surface area contributed by atoms with Crippen LogP contribution in [0.15, 0.2) is 84.9 Å². The molecule has 0 aliphatic rings. The van der Waals surface area contributed by atoms with Crippen molar-refractivity contribution in [2.45, 2.75) is 20.8 Å². The molecule has 0 aliphatic heterocycles. The van der Waals surface area contributed by atoms with Gasteiger partial charge in [0.25, 0.3) is 5.91 Å². The van der Waals surface area contributed by atoms with Crippen LogP contribution in [0.5, 0.6) is 23.0 Å². The molecule has 4 aromatic rings. The third-order valence-corrected chi connectivity index (χ3v) is 5.39. The second-order valence-electron chi connectivity index (χ2n) is 8.28. The lowest BCUT2D eigenvalue weighted by Gasteiger charge is -2.12. The van der Waals surface area contributed by atoms with E-state index in [2.05, 4.69) is 5.32 Å². The Morgan fingerprint density at radius 1 is 0.657 bits per heavy atom. The van der Waals surface area contributed by atoms with Crippen LogP contribution in [0.25, 0.3) is 0 Å². The first kappa shape index (κ1) is 23.6. The number of ether oxygens (including phenoxy) is 2. The largest absolute Gasteiger partial charge is 0.478 e. The molecule has 0 heterocycles. The van der Waals surface area contributed by atoms with E-state index in [9.17, 15) is 14.7 Å². The lowest BCUT2D eigenvalue weighted by molar-refractivity contribution is 0.0692. The molecule has 0 fully saturated rings. The quantitative estimate of drug-likeness (QED) is 0.302. The topological polar surface area (TPSA) is 84.9 Å². The molecule has 0 atom stereocenters. The maximum absolute atomic E-state index is 12.7. The molecular weight excluding hydrogens is 442 g/mol. The fourth-order valence-corrected chi connectivity index (χ4v) is 3.51. The van der Waals surface area contributed by atoms with Gasteiger partial charge in [-0.25, -0.2) is 4.79 Å². The number of carboxylic acid groups (broad SMARTS) is 1. The van der Waals surface area contributed by atoms with Gasteiger partial charge in [0.1, 0.15) is 23.0 Å². The lowest BCUT2D eigenvalue weighted by atomic mass is 10.0. The van der Waals surface area contributed by atoms with Crippen LogP contribution in [-0.4, -0.2) is 17.0 Å². The molecule has 176 valence electrons. The summed E-state index contributed by atoms with van der Waals surface area (Å²) in [6, 6.07) is 25.0. The molecule has 0 radical (unpaired) electrons. The van der Waals surface area contributed by atoms with Crippen molar-refractivity contribution in [3.05, 3.63) is 113 Å². The van der Waals surface area contributed by atoms with Gasteiger partial charge in [-0.2, -0.15) is 0 Å². The highest BCUT2D eigenvalue weighted by atomic mass is 16.5. The summed E-state index contributed by atoms with van der Waals surface area (Å²) >= 11 is 0. The summed E-state index contributed by atoms with van der Waals surface area (Å²) < 4.78 is 11.9. The molecule has 4 aromatic carbocycles. The number of carboxylic acids is 1. The number of hydrogen-bond donors (Lipinski definition) is 2. The second kappa shape index (κ2) is 10.1. The van der Waals surface area contributed by atoms with Crippen molar-refractivity contribution in [2.75, 3.05) is 5.32 Å². The molecule has 6 nitrogen and oxygen atoms in total. The van der Waals surface area contributed by atoms with Crippen LogP contribution in [0.3, 0.4) is 0 Å². The summed E-state index contributed by atoms with van der Waals surface area (Å²) in [6.45, 7) is 5.77. The van der Waals surface area contributed by atoms with Gasteiger partial charge in [-0.3, -0.25) is 4.79 Å². The summed E-state index contributed by atoms with van der Waals surface area (Å²) in [5.41, 5.74) is 3.48. The average Bonchev–Trinajstić information content (AvgIpc) is 2.83. The standard InChI is InChI=1S/C29H25NO5/c1-18-4-9-22(10-5-18)34-24-13-15-27(20(3)17-24)35-23-11-7-21(8-12-23)30-28(31)26-16-19(2)6-14-25(26)29(32)33/h4-17H,1-3H3,(H,30,31)(H,32,33). The SMILES string of the molecule is Cc1ccc(Oc2ccc(Oc3ccc(NC(=O)c4cc(C)ccc4C(=O)O)cc3)c(C)c2)cc1. The molecule has 0 saturated heterocycles. The third kappa shape index (κ3) is 5.86. The summed E-state index contributed by atoms with van der Waals surface area (Å²) in [6.07, 6.45) is 0. The van der Waals surface area contributed by atoms with Gasteiger partial charge in [0, 0.05) is 5.69 Å². The Kier molecular flexibility index (Phi) is 6.83. The summed E-state index contributed by atoms with van der Waals surface area (Å²) in [5.74, 6) is 1.13. The van der Waals surface area contributed by atoms with Gasteiger partial charge in [0.15, 0.2) is 0 Å². The minimum absolute atomic E-state index is 0.0432. The monoisotopic (exact) mass is 467 g/mol. The molecule has 0 spiro atoms. The summed E-state index contributed by atoms with van der Waals surface area (Å²) in [4.78, 5) is 24.1. The number of anilines is 1. The number of nitrogens with one attached hydrogen (secondary N) is 1. The van der Waals surface area contributed by atoms with E-state index in [0.717, 1.165) is 16.9 Å². The van der Waals surface area contributed by atoms with E-state index in [1.807, 2.05) is 56.3 Å². The highest BCUT2D eigenvalue weighted by Crippen LogP contribution is 2.31. The number of aryl methyl sites for hydroxylation is 3. The van der Waals surface area contributed by atoms with Crippen LogP contribution in [0.4, 0.5) is 5.69 Å². The van der Waals surface area contributed by atoms with Gasteiger partial charge in [-0.05, 0) is 93.1 Å². The van der Waals surface area contributed by atoms with Crippen LogP contribution in [-0.2, 0) is 0 Å². The molecule has 0 aliphatic carbocycles. The van der Waals surface area contributed by atoms with E-state index < -0.39 is 11.9 Å². The van der Waals surface area contributed by atoms with Crippen molar-refractivity contribution in [1.29, 1.82) is 0 Å². The van der Waals surface area contributed by atoms with Gasteiger partial charge in [-0.15, -0.1) is 0 Å². The zero-order valence-electron chi connectivity index (χ0n) is 19.7. The molecule has 1 amide bonds. The van der Waals surface area contributed by atoms with Gasteiger partial charge < -0.3 is 19.9 Å². The van der Waals surface area contributed by atoms with E-state index in [1.165, 1.54) is 11.6 Å². The molecule has 6 heteroatoms. The van der Waals surface area contributed by atoms with Gasteiger partial charge in [0.2, 0.25) is 0 Å². The highest BCUT2D eigenvalue weighted by Gasteiger charge is 2.17.